The van der Waals surface area contributed by atoms with E-state index in [-0.39, 0.29) is 5.75 Å². The van der Waals surface area contributed by atoms with Crippen LogP contribution in [0.15, 0.2) is 36.4 Å². The number of anilines is 1. The van der Waals surface area contributed by atoms with Crippen LogP contribution in [-0.2, 0) is 6.54 Å². The minimum absolute atomic E-state index is 0.0740. The van der Waals surface area contributed by atoms with E-state index >= 15 is 0 Å². The quantitative estimate of drug-likeness (QED) is 0.790. The Bertz CT molecular complexity index is 616. The summed E-state index contributed by atoms with van der Waals surface area (Å²) in [7, 11) is 1.62. The van der Waals surface area contributed by atoms with E-state index in [4.69, 9.17) is 21.1 Å². The lowest BCUT2D eigenvalue weighted by Crippen LogP contribution is -2.01. The van der Waals surface area contributed by atoms with Crippen molar-refractivity contribution in [1.82, 2.24) is 0 Å². The fraction of sp³-hybridized carbons (Fsp3) is 0.250. The van der Waals surface area contributed by atoms with Crippen molar-refractivity contribution in [2.75, 3.05) is 19.0 Å². The third kappa shape index (κ3) is 3.95. The highest BCUT2D eigenvalue weighted by Gasteiger charge is 2.06. The number of aromatic hydroxyl groups is 1. The molecule has 2 aromatic rings. The first kappa shape index (κ1) is 15.3. The molecule has 0 aliphatic rings. The maximum absolute atomic E-state index is 9.39. The SMILES string of the molecule is CCOc1ccc(CNc2ccc(O)c(Cl)c2)cc1OC. The molecular formula is C16H18ClNO3. The summed E-state index contributed by atoms with van der Waals surface area (Å²) in [5, 5.41) is 13.0. The van der Waals surface area contributed by atoms with Crippen molar-refractivity contribution in [1.29, 1.82) is 0 Å². The minimum Gasteiger partial charge on any atom is -0.506 e. The number of methoxy groups -OCH3 is 1. The van der Waals surface area contributed by atoms with Gasteiger partial charge in [0.05, 0.1) is 18.7 Å². The van der Waals surface area contributed by atoms with E-state index in [9.17, 15) is 5.11 Å². The van der Waals surface area contributed by atoms with Crippen LogP contribution in [0, 0.1) is 0 Å². The molecule has 0 radical (unpaired) electrons. The molecule has 2 rings (SSSR count). The van der Waals surface area contributed by atoms with Crippen molar-refractivity contribution in [2.24, 2.45) is 0 Å². The lowest BCUT2D eigenvalue weighted by atomic mass is 10.2. The zero-order chi connectivity index (χ0) is 15.2. The predicted molar refractivity (Wildman–Crippen MR) is 84.6 cm³/mol. The molecule has 0 spiro atoms. The van der Waals surface area contributed by atoms with E-state index in [1.165, 1.54) is 0 Å². The van der Waals surface area contributed by atoms with Gasteiger partial charge in [-0.05, 0) is 42.8 Å². The summed E-state index contributed by atoms with van der Waals surface area (Å²) in [6.45, 7) is 3.15. The molecule has 0 unspecified atom stereocenters. The van der Waals surface area contributed by atoms with Gasteiger partial charge in [-0.25, -0.2) is 0 Å². The maximum Gasteiger partial charge on any atom is 0.161 e. The molecule has 112 valence electrons. The number of hydrogen-bond acceptors (Lipinski definition) is 4. The van der Waals surface area contributed by atoms with E-state index in [2.05, 4.69) is 5.32 Å². The molecule has 0 aliphatic heterocycles. The second-order valence-corrected chi connectivity index (χ2v) is 4.85. The van der Waals surface area contributed by atoms with Gasteiger partial charge in [0.1, 0.15) is 5.75 Å². The van der Waals surface area contributed by atoms with Crippen LogP contribution in [0.25, 0.3) is 0 Å². The first-order chi connectivity index (χ1) is 10.1. The van der Waals surface area contributed by atoms with E-state index in [1.807, 2.05) is 25.1 Å². The van der Waals surface area contributed by atoms with E-state index in [0.717, 1.165) is 17.0 Å². The predicted octanol–water partition coefficient (Wildman–Crippen LogP) is 4.07. The average Bonchev–Trinajstić information content (AvgIpc) is 2.49. The van der Waals surface area contributed by atoms with E-state index in [1.54, 1.807) is 25.3 Å². The Hall–Kier alpha value is -2.07. The molecule has 21 heavy (non-hydrogen) atoms. The first-order valence-corrected chi connectivity index (χ1v) is 7.04. The lowest BCUT2D eigenvalue weighted by molar-refractivity contribution is 0.310. The van der Waals surface area contributed by atoms with Gasteiger partial charge in [0.15, 0.2) is 11.5 Å². The number of phenols is 1. The van der Waals surface area contributed by atoms with Gasteiger partial charge in [-0.2, -0.15) is 0 Å². The molecule has 0 atom stereocenters. The fourth-order valence-corrected chi connectivity index (χ4v) is 2.10. The maximum atomic E-state index is 9.39. The van der Waals surface area contributed by atoms with Gasteiger partial charge < -0.3 is 19.9 Å². The molecule has 0 aliphatic carbocycles. The van der Waals surface area contributed by atoms with Crippen LogP contribution in [0.2, 0.25) is 5.02 Å². The second kappa shape index (κ2) is 7.09. The number of hydrogen-bond donors (Lipinski definition) is 2. The minimum atomic E-state index is 0.0740. The number of phenolic OH excluding ortho intramolecular Hbond substituents is 1. The smallest absolute Gasteiger partial charge is 0.161 e. The third-order valence-corrected chi connectivity index (χ3v) is 3.27. The summed E-state index contributed by atoms with van der Waals surface area (Å²) in [6, 6.07) is 10.8. The van der Waals surface area contributed by atoms with Gasteiger partial charge in [0, 0.05) is 12.2 Å². The molecule has 0 saturated carbocycles. The van der Waals surface area contributed by atoms with Gasteiger partial charge >= 0.3 is 0 Å². The number of benzene rings is 2. The normalized spacial score (nSPS) is 10.2. The van der Waals surface area contributed by atoms with Crippen LogP contribution in [-0.4, -0.2) is 18.8 Å². The molecule has 0 amide bonds. The summed E-state index contributed by atoms with van der Waals surface area (Å²) < 4.78 is 10.8. The highest BCUT2D eigenvalue weighted by atomic mass is 35.5. The molecule has 0 aromatic heterocycles. The second-order valence-electron chi connectivity index (χ2n) is 4.44. The topological polar surface area (TPSA) is 50.7 Å². The molecule has 5 heteroatoms. The van der Waals surface area contributed by atoms with Gasteiger partial charge in [-0.3, -0.25) is 0 Å². The number of rotatable bonds is 6. The Kier molecular flexibility index (Phi) is 5.17. The monoisotopic (exact) mass is 307 g/mol. The zero-order valence-corrected chi connectivity index (χ0v) is 12.8. The summed E-state index contributed by atoms with van der Waals surface area (Å²) in [5.41, 5.74) is 1.89. The van der Waals surface area contributed by atoms with Gasteiger partial charge in [-0.15, -0.1) is 0 Å². The van der Waals surface area contributed by atoms with Gasteiger partial charge in [-0.1, -0.05) is 17.7 Å². The summed E-state index contributed by atoms with van der Waals surface area (Å²) >= 11 is 5.87. The summed E-state index contributed by atoms with van der Waals surface area (Å²) in [6.07, 6.45) is 0. The molecule has 4 nitrogen and oxygen atoms in total. The Morgan fingerprint density at radius 1 is 1.14 bits per heavy atom. The number of ether oxygens (including phenoxy) is 2. The van der Waals surface area contributed by atoms with Gasteiger partial charge in [0.2, 0.25) is 0 Å². The Morgan fingerprint density at radius 2 is 1.95 bits per heavy atom. The molecular weight excluding hydrogens is 290 g/mol. The van der Waals surface area contributed by atoms with Gasteiger partial charge in [0.25, 0.3) is 0 Å². The van der Waals surface area contributed by atoms with Crippen molar-refractivity contribution >= 4 is 17.3 Å². The highest BCUT2D eigenvalue weighted by Crippen LogP contribution is 2.29. The highest BCUT2D eigenvalue weighted by molar-refractivity contribution is 6.32. The zero-order valence-electron chi connectivity index (χ0n) is 12.0. The van der Waals surface area contributed by atoms with Crippen LogP contribution in [0.4, 0.5) is 5.69 Å². The largest absolute Gasteiger partial charge is 0.506 e. The molecule has 0 saturated heterocycles. The van der Waals surface area contributed by atoms with Crippen molar-refractivity contribution < 1.29 is 14.6 Å². The third-order valence-electron chi connectivity index (χ3n) is 2.97. The molecule has 0 heterocycles. The standard InChI is InChI=1S/C16H18ClNO3/c1-3-21-15-7-4-11(8-16(15)20-2)10-18-12-5-6-14(19)13(17)9-12/h4-9,18-19H,3,10H2,1-2H3. The number of halogens is 1. The van der Waals surface area contributed by atoms with Crippen LogP contribution < -0.4 is 14.8 Å². The summed E-state index contributed by atoms with van der Waals surface area (Å²) in [4.78, 5) is 0. The van der Waals surface area contributed by atoms with Crippen molar-refractivity contribution in [3.63, 3.8) is 0 Å². The molecule has 2 aromatic carbocycles. The van der Waals surface area contributed by atoms with E-state index in [0.29, 0.717) is 23.9 Å². The average molecular weight is 308 g/mol. The van der Waals surface area contributed by atoms with Crippen LogP contribution in [0.1, 0.15) is 12.5 Å². The summed E-state index contributed by atoms with van der Waals surface area (Å²) in [5.74, 6) is 1.52. The van der Waals surface area contributed by atoms with Crippen LogP contribution in [0.3, 0.4) is 0 Å². The lowest BCUT2D eigenvalue weighted by Gasteiger charge is -2.12. The van der Waals surface area contributed by atoms with E-state index < -0.39 is 0 Å². The van der Waals surface area contributed by atoms with Crippen molar-refractivity contribution in [2.45, 2.75) is 13.5 Å². The molecule has 2 N–H and O–H groups in total. The Morgan fingerprint density at radius 3 is 2.62 bits per heavy atom. The van der Waals surface area contributed by atoms with Crippen molar-refractivity contribution in [3.05, 3.63) is 47.0 Å². The fourth-order valence-electron chi connectivity index (χ4n) is 1.92. The Labute approximate surface area is 129 Å². The van der Waals surface area contributed by atoms with Crippen molar-refractivity contribution in [3.8, 4) is 17.2 Å². The van der Waals surface area contributed by atoms with Crippen LogP contribution in [0.5, 0.6) is 17.2 Å². The van der Waals surface area contributed by atoms with Crippen LogP contribution >= 0.6 is 11.6 Å². The molecule has 0 bridgehead atoms. The Balaban J connectivity index is 2.07. The molecule has 0 fully saturated rings. The first-order valence-electron chi connectivity index (χ1n) is 6.66. The number of nitrogens with one attached hydrogen (secondary N) is 1.